The minimum atomic E-state index is -4.09. The number of likely N-dealkylation sites (tertiary alicyclic amines) is 1. The van der Waals surface area contributed by atoms with Crippen LogP contribution >= 0.6 is 0 Å². The highest BCUT2D eigenvalue weighted by Gasteiger charge is 2.43. The van der Waals surface area contributed by atoms with E-state index in [1.807, 2.05) is 0 Å². The number of halogens is 3. The van der Waals surface area contributed by atoms with Crippen LogP contribution in [0.5, 0.6) is 0 Å². The minimum absolute atomic E-state index is 0.0213. The van der Waals surface area contributed by atoms with Crippen LogP contribution in [0.2, 0.25) is 0 Å². The Morgan fingerprint density at radius 2 is 1.95 bits per heavy atom. The summed E-state index contributed by atoms with van der Waals surface area (Å²) in [6.07, 6.45) is -0.332. The molecule has 1 aliphatic carbocycles. The predicted octanol–water partition coefficient (Wildman–Crippen LogP) is 3.29. The molecule has 0 aromatic carbocycles. The lowest BCUT2D eigenvalue weighted by molar-refractivity contribution is -0.187. The summed E-state index contributed by atoms with van der Waals surface area (Å²) >= 11 is 0. The molecule has 0 aromatic rings. The standard InChI is InChI=1S/C14H22F3NO2/c15-14(16,17)11-4-1-5-12(8-11)18-6-2-3-10(9-18)7-13(19)20/h10-12H,1-9H2,(H,19,20). The summed E-state index contributed by atoms with van der Waals surface area (Å²) in [6, 6.07) is -0.0213. The quantitative estimate of drug-likeness (QED) is 0.868. The number of piperidine rings is 1. The molecule has 116 valence electrons. The molecule has 1 saturated heterocycles. The molecule has 0 aromatic heterocycles. The number of hydrogen-bond acceptors (Lipinski definition) is 2. The Labute approximate surface area is 117 Å². The van der Waals surface area contributed by atoms with E-state index < -0.39 is 18.1 Å². The molecule has 3 nitrogen and oxygen atoms in total. The van der Waals surface area contributed by atoms with Crippen molar-refractivity contribution in [3.8, 4) is 0 Å². The van der Waals surface area contributed by atoms with Gasteiger partial charge in [0.1, 0.15) is 0 Å². The molecule has 0 bridgehead atoms. The van der Waals surface area contributed by atoms with Crippen molar-refractivity contribution < 1.29 is 23.1 Å². The van der Waals surface area contributed by atoms with Crippen molar-refractivity contribution >= 4 is 5.97 Å². The fourth-order valence-electron chi connectivity index (χ4n) is 3.64. The van der Waals surface area contributed by atoms with Crippen molar-refractivity contribution in [2.24, 2.45) is 11.8 Å². The number of aliphatic carboxylic acids is 1. The number of carbonyl (C=O) groups is 1. The first-order valence-corrected chi connectivity index (χ1v) is 7.39. The van der Waals surface area contributed by atoms with Crippen molar-refractivity contribution in [1.29, 1.82) is 0 Å². The second-order valence-corrected chi connectivity index (χ2v) is 6.16. The van der Waals surface area contributed by atoms with Crippen LogP contribution in [0.4, 0.5) is 13.2 Å². The zero-order valence-electron chi connectivity index (χ0n) is 11.5. The largest absolute Gasteiger partial charge is 0.481 e. The summed E-state index contributed by atoms with van der Waals surface area (Å²) in [4.78, 5) is 12.9. The summed E-state index contributed by atoms with van der Waals surface area (Å²) in [6.45, 7) is 1.45. The maximum absolute atomic E-state index is 12.8. The van der Waals surface area contributed by atoms with Crippen LogP contribution in [0.25, 0.3) is 0 Å². The van der Waals surface area contributed by atoms with E-state index in [0.717, 1.165) is 25.8 Å². The second-order valence-electron chi connectivity index (χ2n) is 6.16. The van der Waals surface area contributed by atoms with Crippen molar-refractivity contribution in [2.75, 3.05) is 13.1 Å². The second kappa shape index (κ2) is 6.33. The monoisotopic (exact) mass is 293 g/mol. The summed E-state index contributed by atoms with van der Waals surface area (Å²) in [5, 5.41) is 8.84. The molecule has 20 heavy (non-hydrogen) atoms. The molecular formula is C14H22F3NO2. The van der Waals surface area contributed by atoms with Gasteiger partial charge in [0.05, 0.1) is 5.92 Å². The van der Waals surface area contributed by atoms with Crippen LogP contribution in [0.15, 0.2) is 0 Å². The number of nitrogens with zero attached hydrogens (tertiary/aromatic N) is 1. The Hall–Kier alpha value is -0.780. The normalized spacial score (nSPS) is 33.0. The molecule has 3 atom stereocenters. The number of carboxylic acid groups (broad SMARTS) is 1. The molecule has 0 spiro atoms. The topological polar surface area (TPSA) is 40.5 Å². The van der Waals surface area contributed by atoms with Crippen molar-refractivity contribution in [1.82, 2.24) is 4.90 Å². The molecule has 1 saturated carbocycles. The van der Waals surface area contributed by atoms with E-state index in [4.69, 9.17) is 5.11 Å². The first-order chi connectivity index (χ1) is 9.36. The molecule has 2 aliphatic rings. The number of hydrogen-bond donors (Lipinski definition) is 1. The Morgan fingerprint density at radius 3 is 2.60 bits per heavy atom. The molecule has 2 fully saturated rings. The maximum Gasteiger partial charge on any atom is 0.391 e. The van der Waals surface area contributed by atoms with Crippen LogP contribution in [0, 0.1) is 11.8 Å². The van der Waals surface area contributed by atoms with Gasteiger partial charge in [0.2, 0.25) is 0 Å². The molecular weight excluding hydrogens is 271 g/mol. The maximum atomic E-state index is 12.8. The van der Waals surface area contributed by atoms with Gasteiger partial charge in [-0.15, -0.1) is 0 Å². The van der Waals surface area contributed by atoms with Crippen molar-refractivity contribution in [3.05, 3.63) is 0 Å². The van der Waals surface area contributed by atoms with Gasteiger partial charge in [-0.05, 0) is 44.6 Å². The zero-order chi connectivity index (χ0) is 14.8. The van der Waals surface area contributed by atoms with E-state index in [1.54, 1.807) is 0 Å². The van der Waals surface area contributed by atoms with Crippen LogP contribution in [0.3, 0.4) is 0 Å². The van der Waals surface area contributed by atoms with Gasteiger partial charge >= 0.3 is 12.1 Å². The molecule has 6 heteroatoms. The Morgan fingerprint density at radius 1 is 1.20 bits per heavy atom. The summed E-state index contributed by atoms with van der Waals surface area (Å²) < 4.78 is 38.5. The van der Waals surface area contributed by atoms with Gasteiger partial charge in [0, 0.05) is 19.0 Å². The molecule has 0 amide bonds. The first-order valence-electron chi connectivity index (χ1n) is 7.39. The molecule has 0 radical (unpaired) electrons. The average Bonchev–Trinajstić information content (AvgIpc) is 2.37. The molecule has 1 N–H and O–H groups in total. The third kappa shape index (κ3) is 4.11. The lowest BCUT2D eigenvalue weighted by atomic mass is 9.83. The smallest absolute Gasteiger partial charge is 0.391 e. The fraction of sp³-hybridized carbons (Fsp3) is 0.929. The SMILES string of the molecule is O=C(O)CC1CCCN(C2CCCC(C(F)(F)F)C2)C1. The van der Waals surface area contributed by atoms with Gasteiger partial charge in [0.25, 0.3) is 0 Å². The van der Waals surface area contributed by atoms with Crippen LogP contribution in [-0.4, -0.2) is 41.3 Å². The van der Waals surface area contributed by atoms with Crippen molar-refractivity contribution in [2.45, 2.75) is 57.2 Å². The molecule has 1 aliphatic heterocycles. The number of carboxylic acids is 1. The Bertz CT molecular complexity index is 346. The third-order valence-electron chi connectivity index (χ3n) is 4.64. The minimum Gasteiger partial charge on any atom is -0.481 e. The van der Waals surface area contributed by atoms with Crippen LogP contribution in [-0.2, 0) is 4.79 Å². The molecule has 2 rings (SSSR count). The molecule has 1 heterocycles. The van der Waals surface area contributed by atoms with Gasteiger partial charge in [-0.3, -0.25) is 4.79 Å². The van der Waals surface area contributed by atoms with Crippen LogP contribution < -0.4 is 0 Å². The van der Waals surface area contributed by atoms with Crippen molar-refractivity contribution in [3.63, 3.8) is 0 Å². The summed E-state index contributed by atoms with van der Waals surface area (Å²) in [7, 11) is 0. The lowest BCUT2D eigenvalue weighted by Crippen LogP contribution is -2.46. The lowest BCUT2D eigenvalue weighted by Gasteiger charge is -2.42. The van der Waals surface area contributed by atoms with Crippen LogP contribution in [0.1, 0.15) is 44.9 Å². The summed E-state index contributed by atoms with van der Waals surface area (Å²) in [5.41, 5.74) is 0. The highest BCUT2D eigenvalue weighted by atomic mass is 19.4. The Balaban J connectivity index is 1.91. The number of alkyl halides is 3. The highest BCUT2D eigenvalue weighted by Crippen LogP contribution is 2.39. The summed E-state index contributed by atoms with van der Waals surface area (Å²) in [5.74, 6) is -1.90. The average molecular weight is 293 g/mol. The predicted molar refractivity (Wildman–Crippen MR) is 68.4 cm³/mol. The van der Waals surface area contributed by atoms with Gasteiger partial charge in [-0.25, -0.2) is 0 Å². The van der Waals surface area contributed by atoms with E-state index in [1.165, 1.54) is 0 Å². The van der Waals surface area contributed by atoms with Gasteiger partial charge in [-0.1, -0.05) is 6.42 Å². The fourth-order valence-corrected chi connectivity index (χ4v) is 3.64. The van der Waals surface area contributed by atoms with E-state index >= 15 is 0 Å². The van der Waals surface area contributed by atoms with E-state index in [2.05, 4.69) is 4.90 Å². The van der Waals surface area contributed by atoms with E-state index in [-0.39, 0.29) is 31.2 Å². The Kier molecular flexibility index (Phi) is 4.94. The van der Waals surface area contributed by atoms with E-state index in [0.29, 0.717) is 13.0 Å². The zero-order valence-corrected chi connectivity index (χ0v) is 11.5. The van der Waals surface area contributed by atoms with Gasteiger partial charge in [0.15, 0.2) is 0 Å². The molecule has 3 unspecified atom stereocenters. The highest BCUT2D eigenvalue weighted by molar-refractivity contribution is 5.67. The van der Waals surface area contributed by atoms with Gasteiger partial charge < -0.3 is 10.0 Å². The van der Waals surface area contributed by atoms with Gasteiger partial charge in [-0.2, -0.15) is 13.2 Å². The first kappa shape index (κ1) is 15.6. The van der Waals surface area contributed by atoms with E-state index in [9.17, 15) is 18.0 Å². The number of rotatable bonds is 3. The third-order valence-corrected chi connectivity index (χ3v) is 4.64.